The second-order valence-corrected chi connectivity index (χ2v) is 3.94. The van der Waals surface area contributed by atoms with Gasteiger partial charge in [-0.05, 0) is 6.07 Å². The van der Waals surface area contributed by atoms with Crippen LogP contribution < -0.4 is 5.32 Å². The van der Waals surface area contributed by atoms with Gasteiger partial charge in [0, 0.05) is 32.0 Å². The summed E-state index contributed by atoms with van der Waals surface area (Å²) in [6.07, 6.45) is 3.49. The highest BCUT2D eigenvalue weighted by Crippen LogP contribution is 2.14. The standard InChI is InChI=1S/C10H14N4O3/c15-9(16)8-6-13(7-8)10(17)11-3-5-14-4-1-2-12-14/h1-2,4,8H,3,5-7H2,(H,11,17)(H,15,16). The van der Waals surface area contributed by atoms with Gasteiger partial charge in [0.1, 0.15) is 0 Å². The van der Waals surface area contributed by atoms with E-state index in [1.807, 2.05) is 12.3 Å². The van der Waals surface area contributed by atoms with Crippen LogP contribution in [0.15, 0.2) is 18.5 Å². The molecule has 1 aliphatic heterocycles. The van der Waals surface area contributed by atoms with Crippen molar-refractivity contribution in [1.29, 1.82) is 0 Å². The summed E-state index contributed by atoms with van der Waals surface area (Å²) in [4.78, 5) is 23.6. The number of aliphatic carboxylic acids is 1. The maximum absolute atomic E-state index is 11.5. The molecule has 0 radical (unpaired) electrons. The Labute approximate surface area is 98.0 Å². The molecule has 2 N–H and O–H groups in total. The molecule has 7 heteroatoms. The van der Waals surface area contributed by atoms with Gasteiger partial charge in [-0.25, -0.2) is 4.79 Å². The lowest BCUT2D eigenvalue weighted by atomic mass is 10.0. The molecule has 1 aromatic rings. The number of amides is 2. The van der Waals surface area contributed by atoms with Crippen LogP contribution in [0.1, 0.15) is 0 Å². The molecule has 1 aliphatic rings. The molecule has 2 rings (SSSR count). The lowest BCUT2D eigenvalue weighted by molar-refractivity contribution is -0.146. The average Bonchev–Trinajstić information content (AvgIpc) is 2.67. The van der Waals surface area contributed by atoms with E-state index in [9.17, 15) is 9.59 Å². The maximum Gasteiger partial charge on any atom is 0.317 e. The lowest BCUT2D eigenvalue weighted by Crippen LogP contribution is -2.56. The Balaban J connectivity index is 1.64. The van der Waals surface area contributed by atoms with E-state index >= 15 is 0 Å². The van der Waals surface area contributed by atoms with Crippen molar-refractivity contribution in [3.8, 4) is 0 Å². The summed E-state index contributed by atoms with van der Waals surface area (Å²) >= 11 is 0. The van der Waals surface area contributed by atoms with E-state index in [0.29, 0.717) is 26.2 Å². The van der Waals surface area contributed by atoms with Gasteiger partial charge in [0.25, 0.3) is 0 Å². The third-order valence-electron chi connectivity index (χ3n) is 2.69. The molecule has 17 heavy (non-hydrogen) atoms. The summed E-state index contributed by atoms with van der Waals surface area (Å²) in [6, 6.07) is 1.60. The number of urea groups is 1. The number of likely N-dealkylation sites (tertiary alicyclic amines) is 1. The van der Waals surface area contributed by atoms with Crippen molar-refractivity contribution in [2.45, 2.75) is 6.54 Å². The molecule has 0 atom stereocenters. The fraction of sp³-hybridized carbons (Fsp3) is 0.500. The van der Waals surface area contributed by atoms with Crippen LogP contribution in [0.5, 0.6) is 0 Å². The molecule has 2 heterocycles. The second kappa shape index (κ2) is 4.86. The van der Waals surface area contributed by atoms with Crippen molar-refractivity contribution < 1.29 is 14.7 Å². The first kappa shape index (κ1) is 11.4. The van der Waals surface area contributed by atoms with Crippen molar-refractivity contribution in [2.75, 3.05) is 19.6 Å². The molecule has 0 aliphatic carbocycles. The number of carboxylic acid groups (broad SMARTS) is 1. The monoisotopic (exact) mass is 238 g/mol. The number of aromatic nitrogens is 2. The van der Waals surface area contributed by atoms with Gasteiger partial charge >= 0.3 is 12.0 Å². The van der Waals surface area contributed by atoms with Gasteiger partial charge in [0.05, 0.1) is 12.5 Å². The molecular formula is C10H14N4O3. The Kier molecular flexibility index (Phi) is 3.27. The molecule has 0 aromatic carbocycles. The molecule has 0 bridgehead atoms. The van der Waals surface area contributed by atoms with E-state index in [2.05, 4.69) is 10.4 Å². The van der Waals surface area contributed by atoms with Gasteiger partial charge in [-0.2, -0.15) is 5.10 Å². The molecule has 2 amide bonds. The molecule has 92 valence electrons. The summed E-state index contributed by atoms with van der Waals surface area (Å²) in [6.45, 7) is 1.68. The minimum absolute atomic E-state index is 0.213. The third kappa shape index (κ3) is 2.74. The second-order valence-electron chi connectivity index (χ2n) is 3.94. The van der Waals surface area contributed by atoms with Gasteiger partial charge in [0.15, 0.2) is 0 Å². The SMILES string of the molecule is O=C(O)C1CN(C(=O)NCCn2cccn2)C1. The Bertz CT molecular complexity index is 398. The number of carbonyl (C=O) groups is 2. The third-order valence-corrected chi connectivity index (χ3v) is 2.69. The molecule has 0 spiro atoms. The van der Waals surface area contributed by atoms with Crippen LogP contribution in [0.25, 0.3) is 0 Å². The largest absolute Gasteiger partial charge is 0.481 e. The number of hydrogen-bond donors (Lipinski definition) is 2. The van der Waals surface area contributed by atoms with E-state index in [0.717, 1.165) is 0 Å². The lowest BCUT2D eigenvalue weighted by Gasteiger charge is -2.36. The minimum atomic E-state index is -0.842. The highest BCUT2D eigenvalue weighted by molar-refractivity contribution is 5.79. The Morgan fingerprint density at radius 1 is 1.47 bits per heavy atom. The van der Waals surface area contributed by atoms with Crippen LogP contribution >= 0.6 is 0 Å². The molecular weight excluding hydrogens is 224 g/mol. The molecule has 1 aromatic heterocycles. The van der Waals surface area contributed by atoms with Crippen LogP contribution in [-0.2, 0) is 11.3 Å². The van der Waals surface area contributed by atoms with Gasteiger partial charge in [0.2, 0.25) is 0 Å². The van der Waals surface area contributed by atoms with Crippen molar-refractivity contribution in [2.24, 2.45) is 5.92 Å². The Hall–Kier alpha value is -2.05. The Morgan fingerprint density at radius 3 is 2.82 bits per heavy atom. The van der Waals surface area contributed by atoms with Crippen molar-refractivity contribution >= 4 is 12.0 Å². The van der Waals surface area contributed by atoms with Crippen LogP contribution in [0, 0.1) is 5.92 Å². The number of nitrogens with zero attached hydrogens (tertiary/aromatic N) is 3. The molecule has 0 unspecified atom stereocenters. The van der Waals surface area contributed by atoms with Gasteiger partial charge in [-0.15, -0.1) is 0 Å². The predicted molar refractivity (Wildman–Crippen MR) is 58.3 cm³/mol. The summed E-state index contributed by atoms with van der Waals surface area (Å²) in [5.74, 6) is -1.25. The van der Waals surface area contributed by atoms with Gasteiger partial charge < -0.3 is 15.3 Å². The first-order valence-electron chi connectivity index (χ1n) is 5.40. The first-order chi connectivity index (χ1) is 8.16. The average molecular weight is 238 g/mol. The fourth-order valence-corrected chi connectivity index (χ4v) is 1.62. The fourth-order valence-electron chi connectivity index (χ4n) is 1.62. The number of hydrogen-bond acceptors (Lipinski definition) is 3. The highest BCUT2D eigenvalue weighted by Gasteiger charge is 2.35. The van der Waals surface area contributed by atoms with Crippen LogP contribution in [-0.4, -0.2) is 51.4 Å². The Morgan fingerprint density at radius 2 is 2.24 bits per heavy atom. The van der Waals surface area contributed by atoms with E-state index in [-0.39, 0.29) is 6.03 Å². The number of carboxylic acids is 1. The van der Waals surface area contributed by atoms with Crippen LogP contribution in [0.3, 0.4) is 0 Å². The van der Waals surface area contributed by atoms with Gasteiger partial charge in [-0.1, -0.05) is 0 Å². The smallest absolute Gasteiger partial charge is 0.317 e. The highest BCUT2D eigenvalue weighted by atomic mass is 16.4. The van der Waals surface area contributed by atoms with Crippen molar-refractivity contribution in [1.82, 2.24) is 20.0 Å². The number of carbonyl (C=O) groups excluding carboxylic acids is 1. The van der Waals surface area contributed by atoms with Crippen LogP contribution in [0.2, 0.25) is 0 Å². The van der Waals surface area contributed by atoms with E-state index in [1.54, 1.807) is 10.9 Å². The quantitative estimate of drug-likeness (QED) is 0.747. The zero-order valence-corrected chi connectivity index (χ0v) is 9.24. The predicted octanol–water partition coefficient (Wildman–Crippen LogP) is -0.391. The summed E-state index contributed by atoms with van der Waals surface area (Å²) < 4.78 is 1.72. The summed E-state index contributed by atoms with van der Waals surface area (Å²) in [5, 5.41) is 15.4. The molecule has 7 nitrogen and oxygen atoms in total. The molecule has 1 fully saturated rings. The molecule has 0 saturated carbocycles. The molecule has 1 saturated heterocycles. The van der Waals surface area contributed by atoms with Crippen molar-refractivity contribution in [3.05, 3.63) is 18.5 Å². The minimum Gasteiger partial charge on any atom is -0.481 e. The van der Waals surface area contributed by atoms with Crippen molar-refractivity contribution in [3.63, 3.8) is 0 Å². The number of rotatable bonds is 4. The topological polar surface area (TPSA) is 87.5 Å². The maximum atomic E-state index is 11.5. The summed E-state index contributed by atoms with van der Waals surface area (Å²) in [7, 11) is 0. The number of nitrogens with one attached hydrogen (secondary N) is 1. The zero-order chi connectivity index (χ0) is 12.3. The van der Waals surface area contributed by atoms with Crippen LogP contribution in [0.4, 0.5) is 4.79 Å². The first-order valence-corrected chi connectivity index (χ1v) is 5.40. The van der Waals surface area contributed by atoms with E-state index in [4.69, 9.17) is 5.11 Å². The normalized spacial score (nSPS) is 15.4. The van der Waals surface area contributed by atoms with Gasteiger partial charge in [-0.3, -0.25) is 9.48 Å². The summed E-state index contributed by atoms with van der Waals surface area (Å²) in [5.41, 5.74) is 0. The van der Waals surface area contributed by atoms with E-state index < -0.39 is 11.9 Å². The van der Waals surface area contributed by atoms with E-state index in [1.165, 1.54) is 4.90 Å². The zero-order valence-electron chi connectivity index (χ0n) is 9.24.